The number of carbonyl (C=O) groups excluding carboxylic acids is 1. The quantitative estimate of drug-likeness (QED) is 0.448. The van der Waals surface area contributed by atoms with E-state index < -0.39 is 17.9 Å². The third-order valence-corrected chi connectivity index (χ3v) is 3.18. The van der Waals surface area contributed by atoms with Crippen molar-refractivity contribution in [2.75, 3.05) is 11.1 Å². The number of thioether (sulfide) groups is 1. The molecule has 4 N–H and O–H groups in total. The molecule has 0 aliphatic heterocycles. The molecule has 1 aromatic carbocycles. The lowest BCUT2D eigenvalue weighted by atomic mass is 10.1. The van der Waals surface area contributed by atoms with Crippen LogP contribution >= 0.6 is 11.8 Å². The first-order valence-corrected chi connectivity index (χ1v) is 6.91. The molecule has 22 heavy (non-hydrogen) atoms. The lowest BCUT2D eigenvalue weighted by Gasteiger charge is -2.10. The predicted octanol–water partition coefficient (Wildman–Crippen LogP) is 3.36. The maximum atomic E-state index is 13.7. The van der Waals surface area contributed by atoms with E-state index in [9.17, 15) is 22.4 Å². The Hall–Kier alpha value is -2.03. The first-order chi connectivity index (χ1) is 10.1. The highest BCUT2D eigenvalue weighted by atomic mass is 32.2. The average Bonchev–Trinajstić information content (AvgIpc) is 2.39. The van der Waals surface area contributed by atoms with Crippen molar-refractivity contribution in [3.05, 3.63) is 35.7 Å². The molecule has 0 unspecified atom stereocenters. The normalized spacial score (nSPS) is 12.1. The summed E-state index contributed by atoms with van der Waals surface area (Å²) in [5.41, 5.74) is 5.51. The summed E-state index contributed by atoms with van der Waals surface area (Å²) in [5, 5.41) is 8.60. The molecule has 1 aromatic rings. The Labute approximate surface area is 128 Å². The van der Waals surface area contributed by atoms with Crippen molar-refractivity contribution in [1.29, 1.82) is 5.41 Å². The first-order valence-electron chi connectivity index (χ1n) is 5.93. The number of amides is 1. The number of nitrogens with two attached hydrogens (primary N) is 1. The molecule has 4 nitrogen and oxygen atoms in total. The zero-order valence-corrected chi connectivity index (χ0v) is 12.2. The van der Waals surface area contributed by atoms with Gasteiger partial charge in [-0.1, -0.05) is 17.8 Å². The number of carbonyl (C=O) groups is 1. The molecule has 0 bridgehead atoms. The van der Waals surface area contributed by atoms with Crippen molar-refractivity contribution < 1.29 is 22.4 Å². The van der Waals surface area contributed by atoms with Gasteiger partial charge in [0.05, 0.1) is 0 Å². The van der Waals surface area contributed by atoms with Crippen LogP contribution in [0.1, 0.15) is 12.5 Å². The first kappa shape index (κ1) is 18.0. The van der Waals surface area contributed by atoms with Gasteiger partial charge in [-0.25, -0.2) is 4.39 Å². The van der Waals surface area contributed by atoms with Crippen LogP contribution in [0.5, 0.6) is 0 Å². The zero-order valence-electron chi connectivity index (χ0n) is 11.4. The van der Waals surface area contributed by atoms with E-state index in [1.54, 1.807) is 18.3 Å². The predicted molar refractivity (Wildman–Crippen MR) is 79.1 cm³/mol. The molecule has 0 spiro atoms. The van der Waals surface area contributed by atoms with Gasteiger partial charge in [-0.2, -0.15) is 13.2 Å². The summed E-state index contributed by atoms with van der Waals surface area (Å²) in [6.07, 6.45) is -3.43. The molecule has 1 rings (SSSR count). The van der Waals surface area contributed by atoms with E-state index >= 15 is 0 Å². The fourth-order valence-electron chi connectivity index (χ4n) is 1.47. The Balaban J connectivity index is 2.95. The highest BCUT2D eigenvalue weighted by Gasteiger charge is 2.38. The molecule has 0 fully saturated rings. The van der Waals surface area contributed by atoms with Crippen molar-refractivity contribution >= 4 is 34.1 Å². The Kier molecular flexibility index (Phi) is 5.98. The molecule has 0 saturated carbocycles. The van der Waals surface area contributed by atoms with Crippen LogP contribution in [0.15, 0.2) is 24.3 Å². The van der Waals surface area contributed by atoms with E-state index in [1.165, 1.54) is 0 Å². The summed E-state index contributed by atoms with van der Waals surface area (Å²) in [5.74, 6) is -2.44. The molecule has 0 aliphatic carbocycles. The second kappa shape index (κ2) is 7.30. The smallest absolute Gasteiger partial charge is 0.379 e. The largest absolute Gasteiger partial charge is 0.471 e. The van der Waals surface area contributed by atoms with Gasteiger partial charge in [0.1, 0.15) is 5.82 Å². The maximum absolute atomic E-state index is 13.7. The topological polar surface area (TPSA) is 79.0 Å². The van der Waals surface area contributed by atoms with Gasteiger partial charge >= 0.3 is 12.1 Å². The number of nitrogens with one attached hydrogen (secondary N) is 2. The van der Waals surface area contributed by atoms with Crippen LogP contribution in [0.3, 0.4) is 0 Å². The van der Waals surface area contributed by atoms with Crippen LogP contribution in [0.4, 0.5) is 23.2 Å². The van der Waals surface area contributed by atoms with Gasteiger partial charge in [0.15, 0.2) is 5.17 Å². The number of allylic oxidation sites excluding steroid dienone is 1. The summed E-state index contributed by atoms with van der Waals surface area (Å²) >= 11 is 1.02. The summed E-state index contributed by atoms with van der Waals surface area (Å²) in [6, 6.07) is 3.13. The van der Waals surface area contributed by atoms with Gasteiger partial charge in [-0.15, -0.1) is 0 Å². The van der Waals surface area contributed by atoms with Gasteiger partial charge in [0.25, 0.3) is 0 Å². The van der Waals surface area contributed by atoms with Crippen molar-refractivity contribution in [2.24, 2.45) is 5.73 Å². The summed E-state index contributed by atoms with van der Waals surface area (Å²) in [7, 11) is 0. The van der Waals surface area contributed by atoms with Gasteiger partial charge in [0, 0.05) is 17.0 Å². The third kappa shape index (κ3) is 5.40. The SMILES string of the molecule is CC(=CCSC(=N)N)c1cc(NC(=O)C(F)(F)F)ccc1F. The number of benzene rings is 1. The summed E-state index contributed by atoms with van der Waals surface area (Å²) in [4.78, 5) is 10.9. The second-order valence-electron chi connectivity index (χ2n) is 4.21. The van der Waals surface area contributed by atoms with E-state index in [-0.39, 0.29) is 16.4 Å². The number of alkyl halides is 3. The average molecular weight is 335 g/mol. The van der Waals surface area contributed by atoms with Crippen molar-refractivity contribution in [1.82, 2.24) is 0 Å². The van der Waals surface area contributed by atoms with E-state index in [0.717, 1.165) is 30.0 Å². The Morgan fingerprint density at radius 2 is 2.09 bits per heavy atom. The Bertz CT molecular complexity index is 614. The second-order valence-corrected chi connectivity index (χ2v) is 5.27. The van der Waals surface area contributed by atoms with Crippen molar-refractivity contribution in [3.63, 3.8) is 0 Å². The van der Waals surface area contributed by atoms with E-state index in [0.29, 0.717) is 11.3 Å². The number of anilines is 1. The van der Waals surface area contributed by atoms with Gasteiger partial charge in [-0.05, 0) is 30.7 Å². The molecule has 9 heteroatoms. The number of rotatable bonds is 4. The molecule has 0 aromatic heterocycles. The molecule has 120 valence electrons. The van der Waals surface area contributed by atoms with Crippen LogP contribution < -0.4 is 11.1 Å². The molecule has 1 amide bonds. The van der Waals surface area contributed by atoms with E-state index in [2.05, 4.69) is 0 Å². The highest BCUT2D eigenvalue weighted by Crippen LogP contribution is 2.24. The molecule has 0 atom stereocenters. The molecular formula is C13H13F4N3OS. The third-order valence-electron chi connectivity index (χ3n) is 2.53. The minimum atomic E-state index is -5.02. The lowest BCUT2D eigenvalue weighted by molar-refractivity contribution is -0.167. The minimum Gasteiger partial charge on any atom is -0.379 e. The number of hydrogen-bond donors (Lipinski definition) is 3. The van der Waals surface area contributed by atoms with E-state index in [4.69, 9.17) is 11.1 Å². The van der Waals surface area contributed by atoms with Gasteiger partial charge < -0.3 is 11.1 Å². The molecule has 0 heterocycles. The van der Waals surface area contributed by atoms with E-state index in [1.807, 2.05) is 0 Å². The highest BCUT2D eigenvalue weighted by molar-refractivity contribution is 8.13. The molecule has 0 radical (unpaired) electrons. The molecular weight excluding hydrogens is 322 g/mol. The van der Waals surface area contributed by atoms with Crippen LogP contribution in [0, 0.1) is 11.2 Å². The maximum Gasteiger partial charge on any atom is 0.471 e. The van der Waals surface area contributed by atoms with Crippen LogP contribution in [-0.2, 0) is 4.79 Å². The molecule has 0 aliphatic rings. The van der Waals surface area contributed by atoms with Crippen molar-refractivity contribution in [3.8, 4) is 0 Å². The zero-order chi connectivity index (χ0) is 16.9. The van der Waals surface area contributed by atoms with Crippen LogP contribution in [-0.4, -0.2) is 23.0 Å². The minimum absolute atomic E-state index is 0.0594. The monoisotopic (exact) mass is 335 g/mol. The fraction of sp³-hybridized carbons (Fsp3) is 0.231. The Morgan fingerprint density at radius 3 is 2.64 bits per heavy atom. The van der Waals surface area contributed by atoms with Gasteiger partial charge in [-0.3, -0.25) is 10.2 Å². The van der Waals surface area contributed by atoms with Crippen LogP contribution in [0.25, 0.3) is 5.57 Å². The summed E-state index contributed by atoms with van der Waals surface area (Å²) in [6.45, 7) is 1.56. The number of hydrogen-bond acceptors (Lipinski definition) is 3. The van der Waals surface area contributed by atoms with Crippen molar-refractivity contribution in [2.45, 2.75) is 13.1 Å². The number of amidine groups is 1. The van der Waals surface area contributed by atoms with Crippen LogP contribution in [0.2, 0.25) is 0 Å². The van der Waals surface area contributed by atoms with Gasteiger partial charge in [0.2, 0.25) is 0 Å². The molecule has 0 saturated heterocycles. The Morgan fingerprint density at radius 1 is 1.45 bits per heavy atom. The lowest BCUT2D eigenvalue weighted by Crippen LogP contribution is -2.29. The standard InChI is InChI=1S/C13H13F4N3OS/c1-7(4-5-22-12(18)19)9-6-8(2-3-10(9)14)20-11(21)13(15,16)17/h2-4,6H,5H2,1H3,(H3,18,19)(H,20,21). The summed E-state index contributed by atoms with van der Waals surface area (Å²) < 4.78 is 50.3. The number of halogens is 4. The fourth-order valence-corrected chi connectivity index (χ4v) is 1.99.